The van der Waals surface area contributed by atoms with Crippen LogP contribution in [0.4, 0.5) is 0 Å². The van der Waals surface area contributed by atoms with Gasteiger partial charge in [-0.3, -0.25) is 0 Å². The molecule has 1 aromatic carbocycles. The van der Waals surface area contributed by atoms with E-state index in [1.807, 2.05) is 6.07 Å². The smallest absolute Gasteiger partial charge is 0.207 e. The zero-order valence-corrected chi connectivity index (χ0v) is 11.8. The van der Waals surface area contributed by atoms with E-state index in [0.717, 1.165) is 0 Å². The number of rotatable bonds is 1. The summed E-state index contributed by atoms with van der Waals surface area (Å²) in [5.74, 6) is 0. The van der Waals surface area contributed by atoms with Crippen molar-refractivity contribution in [2.75, 3.05) is 0 Å². The molecule has 0 aromatic heterocycles. The number of nitriles is 1. The third kappa shape index (κ3) is 2.59. The van der Waals surface area contributed by atoms with Gasteiger partial charge in [0.1, 0.15) is 6.07 Å². The van der Waals surface area contributed by atoms with E-state index in [1.54, 1.807) is 22.6 Å². The second-order valence-electron chi connectivity index (χ2n) is 2.32. The van der Waals surface area contributed by atoms with Crippen molar-refractivity contribution < 1.29 is 8.42 Å². The summed E-state index contributed by atoms with van der Waals surface area (Å²) >= 11 is 4.88. The van der Waals surface area contributed by atoms with Crippen molar-refractivity contribution in [2.45, 2.75) is 4.90 Å². The first-order chi connectivity index (χ1) is 6.36. The maximum atomic E-state index is 11.1. The van der Waals surface area contributed by atoms with E-state index in [4.69, 9.17) is 15.9 Å². The second-order valence-corrected chi connectivity index (χ2v) is 6.84. The summed E-state index contributed by atoms with van der Waals surface area (Å²) in [6.45, 7) is 0. The Morgan fingerprint density at radius 1 is 1.50 bits per heavy atom. The van der Waals surface area contributed by atoms with Gasteiger partial charge >= 0.3 is 0 Å². The molecule has 0 aliphatic rings. The summed E-state index contributed by atoms with van der Waals surface area (Å²) in [5.41, 5.74) is 0.277. The van der Waals surface area contributed by atoms with Gasteiger partial charge in [-0.2, -0.15) is 5.26 Å². The van der Waals surface area contributed by atoms with Gasteiger partial charge in [0, 0.05) is 15.2 Å². The molecule has 7 heteroatoms. The summed E-state index contributed by atoms with van der Waals surface area (Å²) in [6.07, 6.45) is 0. The summed E-state index contributed by atoms with van der Waals surface area (Å²) in [4.78, 5) is -0.0503. The summed E-state index contributed by atoms with van der Waals surface area (Å²) < 4.78 is 23.1. The van der Waals surface area contributed by atoms with Crippen LogP contribution >= 0.6 is 49.2 Å². The lowest BCUT2D eigenvalue weighted by atomic mass is 10.2. The van der Waals surface area contributed by atoms with Crippen LogP contribution < -0.4 is 0 Å². The molecule has 0 N–H and O–H groups in total. The van der Waals surface area contributed by atoms with E-state index in [0.29, 0.717) is 8.04 Å². The molecule has 0 aliphatic carbocycles. The van der Waals surface area contributed by atoms with Gasteiger partial charge in [0.05, 0.1) is 14.0 Å². The highest BCUT2D eigenvalue weighted by Gasteiger charge is 2.17. The molecule has 1 rings (SSSR count). The number of nitrogens with zero attached hydrogens (tertiary/aromatic N) is 1. The van der Waals surface area contributed by atoms with Gasteiger partial charge in [0.25, 0.3) is 9.05 Å². The summed E-state index contributed by atoms with van der Waals surface area (Å²) in [6, 6.07) is 4.79. The van der Waals surface area contributed by atoms with Crippen LogP contribution in [0, 0.1) is 14.9 Å². The molecule has 3 nitrogen and oxygen atoms in total. The van der Waals surface area contributed by atoms with Crippen LogP contribution in [-0.2, 0) is 9.05 Å². The van der Waals surface area contributed by atoms with Gasteiger partial charge in [-0.05, 0) is 34.7 Å². The standard InChI is InChI=1S/C7H2BrClINO2S/c8-5-1-4(3-11)7(10)6(2-5)14(9,12)13/h1-2H. The predicted octanol–water partition coefficient (Wildman–Crippen LogP) is 2.85. The van der Waals surface area contributed by atoms with Gasteiger partial charge in [0.2, 0.25) is 0 Å². The van der Waals surface area contributed by atoms with Crippen molar-refractivity contribution in [3.05, 3.63) is 25.7 Å². The molecule has 74 valence electrons. The van der Waals surface area contributed by atoms with Crippen LogP contribution in [0.3, 0.4) is 0 Å². The molecule has 0 aliphatic heterocycles. The molecule has 0 heterocycles. The average Bonchev–Trinajstić information content (AvgIpc) is 2.06. The van der Waals surface area contributed by atoms with Gasteiger partial charge in [-0.15, -0.1) is 0 Å². The van der Waals surface area contributed by atoms with Crippen LogP contribution in [-0.4, -0.2) is 8.42 Å². The zero-order valence-electron chi connectivity index (χ0n) is 6.46. The van der Waals surface area contributed by atoms with Gasteiger partial charge < -0.3 is 0 Å². The van der Waals surface area contributed by atoms with E-state index in [9.17, 15) is 8.42 Å². The lowest BCUT2D eigenvalue weighted by Gasteiger charge is -2.02. The Bertz CT molecular complexity index is 523. The molecule has 0 atom stereocenters. The predicted molar refractivity (Wildman–Crippen MR) is 64.6 cm³/mol. The third-order valence-corrected chi connectivity index (χ3v) is 4.72. The topological polar surface area (TPSA) is 57.9 Å². The monoisotopic (exact) mass is 405 g/mol. The first kappa shape index (κ1) is 12.2. The molecule has 0 unspecified atom stereocenters. The van der Waals surface area contributed by atoms with Crippen molar-refractivity contribution in [3.8, 4) is 6.07 Å². The Hall–Kier alpha value is 0.160. The lowest BCUT2D eigenvalue weighted by Crippen LogP contribution is -1.97. The fourth-order valence-electron chi connectivity index (χ4n) is 0.823. The van der Waals surface area contributed by atoms with Crippen molar-refractivity contribution in [3.63, 3.8) is 0 Å². The van der Waals surface area contributed by atoms with Crippen LogP contribution in [0.15, 0.2) is 21.5 Å². The maximum Gasteiger partial charge on any atom is 0.262 e. The quantitative estimate of drug-likeness (QED) is 0.532. The highest BCUT2D eigenvalue weighted by Crippen LogP contribution is 2.28. The normalized spacial score (nSPS) is 11.0. The number of benzene rings is 1. The zero-order chi connectivity index (χ0) is 10.9. The number of halogens is 3. The van der Waals surface area contributed by atoms with Crippen molar-refractivity contribution in [1.82, 2.24) is 0 Å². The summed E-state index contributed by atoms with van der Waals surface area (Å²) in [7, 11) is 1.40. The first-order valence-corrected chi connectivity index (χ1v) is 7.38. The van der Waals surface area contributed by atoms with E-state index >= 15 is 0 Å². The largest absolute Gasteiger partial charge is 0.262 e. The Labute approximate surface area is 108 Å². The van der Waals surface area contributed by atoms with Crippen LogP contribution in [0.2, 0.25) is 0 Å². The Morgan fingerprint density at radius 3 is 2.50 bits per heavy atom. The minimum absolute atomic E-state index is 0.0503. The highest BCUT2D eigenvalue weighted by molar-refractivity contribution is 14.1. The third-order valence-electron chi connectivity index (χ3n) is 1.39. The average molecular weight is 406 g/mol. The van der Waals surface area contributed by atoms with E-state index in [2.05, 4.69) is 15.9 Å². The van der Waals surface area contributed by atoms with Crippen LogP contribution in [0.5, 0.6) is 0 Å². The van der Waals surface area contributed by atoms with Gasteiger partial charge in [-0.25, -0.2) is 8.42 Å². The Morgan fingerprint density at radius 2 is 2.07 bits per heavy atom. The van der Waals surface area contributed by atoms with Crippen LogP contribution in [0.25, 0.3) is 0 Å². The number of hydrogen-bond acceptors (Lipinski definition) is 3. The fraction of sp³-hybridized carbons (Fsp3) is 0. The second kappa shape index (κ2) is 4.35. The molecule has 0 saturated carbocycles. The van der Waals surface area contributed by atoms with E-state index in [1.165, 1.54) is 12.1 Å². The molecule has 0 amide bonds. The van der Waals surface area contributed by atoms with Crippen molar-refractivity contribution in [1.29, 1.82) is 5.26 Å². The summed E-state index contributed by atoms with van der Waals surface area (Å²) in [5, 5.41) is 8.72. The van der Waals surface area contributed by atoms with E-state index in [-0.39, 0.29) is 10.5 Å². The van der Waals surface area contributed by atoms with Crippen LogP contribution in [0.1, 0.15) is 5.56 Å². The molecular weight excluding hydrogens is 404 g/mol. The van der Waals surface area contributed by atoms with Crippen molar-refractivity contribution >= 4 is 58.3 Å². The molecular formula is C7H2BrClINO2S. The Kier molecular flexibility index (Phi) is 3.80. The minimum Gasteiger partial charge on any atom is -0.207 e. The Balaban J connectivity index is 3.64. The van der Waals surface area contributed by atoms with Crippen molar-refractivity contribution in [2.24, 2.45) is 0 Å². The van der Waals surface area contributed by atoms with Gasteiger partial charge in [0.15, 0.2) is 0 Å². The molecule has 1 aromatic rings. The number of hydrogen-bond donors (Lipinski definition) is 0. The minimum atomic E-state index is -3.80. The maximum absolute atomic E-state index is 11.1. The molecule has 0 fully saturated rings. The molecule has 0 spiro atoms. The SMILES string of the molecule is N#Cc1cc(Br)cc(S(=O)(=O)Cl)c1I. The molecule has 14 heavy (non-hydrogen) atoms. The van der Waals surface area contributed by atoms with E-state index < -0.39 is 9.05 Å². The van der Waals surface area contributed by atoms with Gasteiger partial charge in [-0.1, -0.05) is 15.9 Å². The molecule has 0 saturated heterocycles. The fourth-order valence-corrected chi connectivity index (χ4v) is 4.08. The molecule has 0 radical (unpaired) electrons. The highest BCUT2D eigenvalue weighted by atomic mass is 127. The molecule has 0 bridgehead atoms. The lowest BCUT2D eigenvalue weighted by molar-refractivity contribution is 0.609. The first-order valence-electron chi connectivity index (χ1n) is 3.20.